The van der Waals surface area contributed by atoms with Gasteiger partial charge in [0.1, 0.15) is 11.6 Å². The third-order valence-electron chi connectivity index (χ3n) is 9.57. The lowest BCUT2D eigenvalue weighted by atomic mass is 9.82. The SMILES string of the molecule is CN(C[C@@H](O)c1ccccc1)C(=O)C1=C(c2ccc(CCCOc3cc(F)ccc3Br)cc2)C[C@@H]2CN(C(=O)CCC(C)(C)C(=O)O)C[C@H]1N2. The number of ether oxygens (including phenoxy) is 1. The Morgan fingerprint density at radius 2 is 1.80 bits per heavy atom. The molecule has 3 aromatic rings. The van der Waals surface area contributed by atoms with E-state index in [0.717, 1.165) is 29.5 Å². The molecule has 11 heteroatoms. The first-order valence-electron chi connectivity index (χ1n) is 17.0. The second-order valence-corrected chi connectivity index (χ2v) is 14.7. The lowest BCUT2D eigenvalue weighted by Crippen LogP contribution is -2.62. The second-order valence-electron chi connectivity index (χ2n) is 13.8. The number of carbonyl (C=O) groups excluding carboxylic acids is 2. The summed E-state index contributed by atoms with van der Waals surface area (Å²) in [7, 11) is 1.68. The molecular formula is C39H45BrFN3O6. The number of halogens is 2. The molecule has 266 valence electrons. The van der Waals surface area contributed by atoms with Gasteiger partial charge in [0.25, 0.3) is 5.91 Å². The molecule has 0 saturated carbocycles. The first-order valence-corrected chi connectivity index (χ1v) is 17.8. The Labute approximate surface area is 301 Å². The molecule has 1 saturated heterocycles. The molecular weight excluding hydrogens is 705 g/mol. The predicted molar refractivity (Wildman–Crippen MR) is 193 cm³/mol. The molecule has 0 unspecified atom stereocenters. The third-order valence-corrected chi connectivity index (χ3v) is 10.2. The number of carbonyl (C=O) groups is 3. The van der Waals surface area contributed by atoms with Gasteiger partial charge in [-0.25, -0.2) is 4.39 Å². The highest BCUT2D eigenvalue weighted by molar-refractivity contribution is 9.10. The van der Waals surface area contributed by atoms with Crippen molar-refractivity contribution in [3.8, 4) is 5.75 Å². The van der Waals surface area contributed by atoms with Gasteiger partial charge in [0.15, 0.2) is 0 Å². The molecule has 2 aliphatic heterocycles. The largest absolute Gasteiger partial charge is 0.492 e. The highest BCUT2D eigenvalue weighted by atomic mass is 79.9. The Morgan fingerprint density at radius 1 is 1.08 bits per heavy atom. The fraction of sp³-hybridized carbons (Fsp3) is 0.410. The quantitative estimate of drug-likeness (QED) is 0.173. The maximum Gasteiger partial charge on any atom is 0.309 e. The van der Waals surface area contributed by atoms with E-state index in [1.807, 2.05) is 54.6 Å². The van der Waals surface area contributed by atoms with Gasteiger partial charge in [-0.3, -0.25) is 14.4 Å². The number of fused-ring (bicyclic) bond motifs is 2. The number of aryl methyl sites for hydroxylation is 1. The minimum atomic E-state index is -1.02. The molecule has 5 rings (SSSR count). The number of piperazine rings is 1. The molecule has 50 heavy (non-hydrogen) atoms. The third kappa shape index (κ3) is 9.18. The maximum absolute atomic E-state index is 14.3. The molecule has 0 aliphatic carbocycles. The number of aliphatic hydroxyl groups is 1. The lowest BCUT2D eigenvalue weighted by molar-refractivity contribution is -0.148. The molecule has 9 nitrogen and oxygen atoms in total. The van der Waals surface area contributed by atoms with E-state index in [1.165, 1.54) is 17.0 Å². The number of likely N-dealkylation sites (N-methyl/N-ethyl adjacent to an activating group) is 1. The molecule has 2 heterocycles. The number of hydrogen-bond donors (Lipinski definition) is 3. The van der Waals surface area contributed by atoms with Crippen molar-refractivity contribution >= 4 is 39.3 Å². The van der Waals surface area contributed by atoms with E-state index in [2.05, 4.69) is 21.2 Å². The summed E-state index contributed by atoms with van der Waals surface area (Å²) in [4.78, 5) is 42.5. The van der Waals surface area contributed by atoms with Crippen LogP contribution in [-0.4, -0.2) is 83.2 Å². The summed E-state index contributed by atoms with van der Waals surface area (Å²) in [6.45, 7) is 4.48. The van der Waals surface area contributed by atoms with Crippen molar-refractivity contribution in [2.24, 2.45) is 5.41 Å². The van der Waals surface area contributed by atoms with E-state index in [-0.39, 0.29) is 49.6 Å². The number of carboxylic acid groups (broad SMARTS) is 1. The van der Waals surface area contributed by atoms with Crippen molar-refractivity contribution < 1.29 is 33.7 Å². The molecule has 3 N–H and O–H groups in total. The minimum Gasteiger partial charge on any atom is -0.492 e. The summed E-state index contributed by atoms with van der Waals surface area (Å²) in [5.74, 6) is -1.19. The van der Waals surface area contributed by atoms with Gasteiger partial charge in [0.05, 0.1) is 35.2 Å². The van der Waals surface area contributed by atoms with E-state index < -0.39 is 23.5 Å². The number of carboxylic acids is 1. The molecule has 3 atom stereocenters. The monoisotopic (exact) mass is 749 g/mol. The molecule has 0 aromatic heterocycles. The van der Waals surface area contributed by atoms with Crippen LogP contribution in [0.2, 0.25) is 0 Å². The smallest absolute Gasteiger partial charge is 0.309 e. The van der Waals surface area contributed by atoms with Crippen molar-refractivity contribution in [1.82, 2.24) is 15.1 Å². The number of hydrogen-bond acceptors (Lipinski definition) is 6. The first-order chi connectivity index (χ1) is 23.8. The molecule has 2 aliphatic rings. The zero-order valence-corrected chi connectivity index (χ0v) is 30.3. The molecule has 0 radical (unpaired) electrons. The second kappa shape index (κ2) is 16.3. The Hall–Kier alpha value is -4.06. The lowest BCUT2D eigenvalue weighted by Gasteiger charge is -2.45. The summed E-state index contributed by atoms with van der Waals surface area (Å²) in [6.07, 6.45) is 1.45. The molecule has 2 bridgehead atoms. The predicted octanol–water partition coefficient (Wildman–Crippen LogP) is 6.01. The van der Waals surface area contributed by atoms with E-state index in [0.29, 0.717) is 40.9 Å². The van der Waals surface area contributed by atoms with Crippen LogP contribution >= 0.6 is 15.9 Å². The van der Waals surface area contributed by atoms with Crippen LogP contribution in [0.5, 0.6) is 5.75 Å². The number of nitrogens with zero attached hydrogens (tertiary/aromatic N) is 2. The van der Waals surface area contributed by atoms with Gasteiger partial charge >= 0.3 is 5.97 Å². The van der Waals surface area contributed by atoms with Gasteiger partial charge < -0.3 is 30.1 Å². The van der Waals surface area contributed by atoms with Crippen LogP contribution in [0.15, 0.2) is 82.8 Å². The van der Waals surface area contributed by atoms with Crippen LogP contribution < -0.4 is 10.1 Å². The summed E-state index contributed by atoms with van der Waals surface area (Å²) in [6, 6.07) is 21.2. The first kappa shape index (κ1) is 37.2. The van der Waals surface area contributed by atoms with E-state index >= 15 is 0 Å². The van der Waals surface area contributed by atoms with E-state index in [4.69, 9.17) is 4.74 Å². The van der Waals surface area contributed by atoms with Gasteiger partial charge in [-0.15, -0.1) is 0 Å². The zero-order chi connectivity index (χ0) is 36.0. The Bertz CT molecular complexity index is 1710. The number of nitrogens with one attached hydrogen (secondary N) is 1. The van der Waals surface area contributed by atoms with Gasteiger partial charge in [-0.2, -0.15) is 0 Å². The van der Waals surface area contributed by atoms with E-state index in [1.54, 1.807) is 31.9 Å². The Balaban J connectivity index is 1.33. The normalized spacial score (nSPS) is 18.1. The van der Waals surface area contributed by atoms with Crippen LogP contribution in [-0.2, 0) is 20.8 Å². The van der Waals surface area contributed by atoms with E-state index in [9.17, 15) is 29.0 Å². The van der Waals surface area contributed by atoms with Gasteiger partial charge in [0.2, 0.25) is 5.91 Å². The molecule has 2 amide bonds. The van der Waals surface area contributed by atoms with Crippen LogP contribution in [0.1, 0.15) is 62.3 Å². The number of rotatable bonds is 14. The molecule has 0 spiro atoms. The van der Waals surface area contributed by atoms with Crippen LogP contribution in [0.4, 0.5) is 4.39 Å². The average molecular weight is 751 g/mol. The highest BCUT2D eigenvalue weighted by Gasteiger charge is 2.41. The summed E-state index contributed by atoms with van der Waals surface area (Å²) >= 11 is 3.39. The van der Waals surface area contributed by atoms with Crippen molar-refractivity contribution in [3.05, 3.63) is 105 Å². The zero-order valence-electron chi connectivity index (χ0n) is 28.7. The summed E-state index contributed by atoms with van der Waals surface area (Å²) in [5, 5.41) is 24.0. The number of benzene rings is 3. The standard InChI is InChI=1S/C39H45BrFN3O6/c1-39(2,38(48)49)18-17-35(46)44-22-29-21-30(26-13-11-25(12-14-26)8-7-19-50-34-20-28(41)15-16-31(34)40)36(32(23-44)42-29)37(47)43(3)24-33(45)27-9-5-4-6-10-27/h4-6,9-16,20,29,32-33,42,45H,7-8,17-19,21-24H2,1-3H3,(H,48,49)/t29-,32-,33-/m1/s1. The fourth-order valence-electron chi connectivity index (χ4n) is 6.50. The molecule has 3 aromatic carbocycles. The van der Waals surface area contributed by atoms with Gasteiger partial charge in [0, 0.05) is 44.2 Å². The fourth-order valence-corrected chi connectivity index (χ4v) is 6.86. The summed E-state index contributed by atoms with van der Waals surface area (Å²) < 4.78 is 20.1. The van der Waals surface area contributed by atoms with Crippen LogP contribution in [0.3, 0.4) is 0 Å². The van der Waals surface area contributed by atoms with Crippen molar-refractivity contribution in [1.29, 1.82) is 0 Å². The van der Waals surface area contributed by atoms with Gasteiger partial charge in [-0.1, -0.05) is 54.6 Å². The van der Waals surface area contributed by atoms with Crippen molar-refractivity contribution in [2.75, 3.05) is 33.3 Å². The van der Waals surface area contributed by atoms with Crippen molar-refractivity contribution in [2.45, 2.75) is 64.1 Å². The molecule has 1 fully saturated rings. The Kier molecular flexibility index (Phi) is 12.1. The van der Waals surface area contributed by atoms with Crippen molar-refractivity contribution in [3.63, 3.8) is 0 Å². The average Bonchev–Trinajstić information content (AvgIpc) is 3.10. The maximum atomic E-state index is 14.3. The number of aliphatic carboxylic acids is 1. The van der Waals surface area contributed by atoms with Crippen LogP contribution in [0.25, 0.3) is 5.57 Å². The number of aliphatic hydroxyl groups excluding tert-OH is 1. The summed E-state index contributed by atoms with van der Waals surface area (Å²) in [5.41, 5.74) is 3.19. The minimum absolute atomic E-state index is 0.0871. The Morgan fingerprint density at radius 3 is 2.50 bits per heavy atom. The topological polar surface area (TPSA) is 119 Å². The van der Waals surface area contributed by atoms with Crippen LogP contribution in [0, 0.1) is 11.2 Å². The number of amides is 2. The van der Waals surface area contributed by atoms with Gasteiger partial charge in [-0.05, 0) is 89.9 Å². The highest BCUT2D eigenvalue weighted by Crippen LogP contribution is 2.35.